The summed E-state index contributed by atoms with van der Waals surface area (Å²) in [5.41, 5.74) is 0.563. The Morgan fingerprint density at radius 2 is 1.88 bits per heavy atom. The molecular weight excluding hydrogens is 322 g/mol. The first-order valence-corrected chi connectivity index (χ1v) is 8.65. The Hall–Kier alpha value is -2.50. The third-order valence-corrected chi connectivity index (χ3v) is 3.78. The molecule has 0 spiro atoms. The van der Waals surface area contributed by atoms with Crippen LogP contribution in [0, 0.1) is 5.92 Å². The highest BCUT2D eigenvalue weighted by molar-refractivity contribution is 5.93. The van der Waals surface area contributed by atoms with E-state index in [2.05, 4.69) is 11.4 Å². The lowest BCUT2D eigenvalue weighted by atomic mass is 9.95. The maximum Gasteiger partial charge on any atom is 0.309 e. The maximum absolute atomic E-state index is 12.0. The monoisotopic (exact) mass is 347 g/mol. The Bertz CT molecular complexity index is 626. The van der Waals surface area contributed by atoms with Gasteiger partial charge in [0.1, 0.15) is 0 Å². The largest absolute Gasteiger partial charge is 0.490 e. The number of nitrogens with one attached hydrogen (secondary N) is 1. The van der Waals surface area contributed by atoms with Gasteiger partial charge in [0.05, 0.1) is 19.1 Å². The minimum Gasteiger partial charge on any atom is -0.490 e. The van der Waals surface area contributed by atoms with E-state index in [-0.39, 0.29) is 24.4 Å². The predicted octanol–water partition coefficient (Wildman–Crippen LogP) is 3.32. The van der Waals surface area contributed by atoms with Gasteiger partial charge in [-0.05, 0) is 45.2 Å². The molecule has 0 saturated heterocycles. The second kappa shape index (κ2) is 9.71. The van der Waals surface area contributed by atoms with Crippen molar-refractivity contribution in [3.8, 4) is 11.5 Å². The Morgan fingerprint density at radius 3 is 2.56 bits per heavy atom. The van der Waals surface area contributed by atoms with Crippen molar-refractivity contribution >= 4 is 17.6 Å². The third-order valence-electron chi connectivity index (χ3n) is 3.78. The van der Waals surface area contributed by atoms with E-state index in [1.807, 2.05) is 19.9 Å². The molecule has 0 unspecified atom stereocenters. The zero-order chi connectivity index (χ0) is 18.1. The van der Waals surface area contributed by atoms with Gasteiger partial charge in [0.15, 0.2) is 18.1 Å². The minimum absolute atomic E-state index is 0.146. The minimum atomic E-state index is -0.383. The highest BCUT2D eigenvalue weighted by atomic mass is 16.5. The van der Waals surface area contributed by atoms with Gasteiger partial charge >= 0.3 is 5.97 Å². The molecule has 1 atom stereocenters. The average molecular weight is 347 g/mol. The topological polar surface area (TPSA) is 73.9 Å². The molecule has 1 N–H and O–H groups in total. The smallest absolute Gasteiger partial charge is 0.309 e. The van der Waals surface area contributed by atoms with Crippen molar-refractivity contribution < 1.29 is 23.8 Å². The number of anilines is 1. The molecule has 2 rings (SSSR count). The van der Waals surface area contributed by atoms with Crippen LogP contribution in [0.3, 0.4) is 0 Å². The van der Waals surface area contributed by atoms with Crippen molar-refractivity contribution in [2.24, 2.45) is 5.92 Å². The van der Waals surface area contributed by atoms with Gasteiger partial charge in [0.25, 0.3) is 5.91 Å². The van der Waals surface area contributed by atoms with Crippen LogP contribution in [0.5, 0.6) is 11.5 Å². The number of esters is 1. The molecule has 25 heavy (non-hydrogen) atoms. The fraction of sp³-hybridized carbons (Fsp3) is 0.474. The summed E-state index contributed by atoms with van der Waals surface area (Å²) in [6.07, 6.45) is 6.35. The number of rotatable bonds is 8. The third kappa shape index (κ3) is 5.81. The number of carbonyl (C=O) groups excluding carboxylic acids is 2. The van der Waals surface area contributed by atoms with Crippen LogP contribution in [-0.4, -0.2) is 31.7 Å². The van der Waals surface area contributed by atoms with Gasteiger partial charge in [-0.3, -0.25) is 9.59 Å². The van der Waals surface area contributed by atoms with Gasteiger partial charge in [-0.15, -0.1) is 0 Å². The van der Waals surface area contributed by atoms with E-state index in [1.165, 1.54) is 0 Å². The van der Waals surface area contributed by atoms with E-state index in [4.69, 9.17) is 14.2 Å². The van der Waals surface area contributed by atoms with Crippen molar-refractivity contribution in [2.45, 2.75) is 33.1 Å². The van der Waals surface area contributed by atoms with E-state index in [0.717, 1.165) is 12.8 Å². The molecule has 0 radical (unpaired) electrons. The first-order chi connectivity index (χ1) is 12.1. The van der Waals surface area contributed by atoms with Gasteiger partial charge in [-0.25, -0.2) is 0 Å². The van der Waals surface area contributed by atoms with Gasteiger partial charge < -0.3 is 19.5 Å². The summed E-state index contributed by atoms with van der Waals surface area (Å²) in [7, 11) is 0. The Morgan fingerprint density at radius 1 is 1.12 bits per heavy atom. The Kier molecular flexibility index (Phi) is 7.32. The van der Waals surface area contributed by atoms with Crippen LogP contribution in [0.2, 0.25) is 0 Å². The average Bonchev–Trinajstić information content (AvgIpc) is 2.63. The second-order valence-electron chi connectivity index (χ2n) is 5.66. The zero-order valence-corrected chi connectivity index (χ0v) is 14.7. The van der Waals surface area contributed by atoms with Gasteiger partial charge in [-0.1, -0.05) is 12.2 Å². The highest BCUT2D eigenvalue weighted by Crippen LogP contribution is 2.30. The zero-order valence-electron chi connectivity index (χ0n) is 14.7. The van der Waals surface area contributed by atoms with Crippen molar-refractivity contribution in [3.05, 3.63) is 30.4 Å². The molecule has 1 amide bonds. The van der Waals surface area contributed by atoms with Crippen LogP contribution < -0.4 is 14.8 Å². The molecule has 0 heterocycles. The number of allylic oxidation sites excluding steroid dienone is 2. The predicted molar refractivity (Wildman–Crippen MR) is 94.8 cm³/mol. The molecule has 0 aliphatic heterocycles. The summed E-state index contributed by atoms with van der Waals surface area (Å²) in [4.78, 5) is 23.9. The Labute approximate surface area is 148 Å². The molecule has 6 nitrogen and oxygen atoms in total. The number of hydrogen-bond acceptors (Lipinski definition) is 5. The molecule has 1 aliphatic rings. The van der Waals surface area contributed by atoms with Crippen LogP contribution in [0.25, 0.3) is 0 Å². The Balaban J connectivity index is 1.87. The number of ether oxygens (including phenoxy) is 3. The molecule has 1 aliphatic carbocycles. The molecule has 0 bridgehead atoms. The van der Waals surface area contributed by atoms with Crippen molar-refractivity contribution in [1.29, 1.82) is 0 Å². The summed E-state index contributed by atoms with van der Waals surface area (Å²) in [6.45, 7) is 4.49. The summed E-state index contributed by atoms with van der Waals surface area (Å²) < 4.78 is 16.1. The molecule has 136 valence electrons. The van der Waals surface area contributed by atoms with Crippen LogP contribution >= 0.6 is 0 Å². The second-order valence-corrected chi connectivity index (χ2v) is 5.66. The summed E-state index contributed by atoms with van der Waals surface area (Å²) in [5, 5.41) is 2.70. The standard InChI is InChI=1S/C19H25NO5/c1-3-23-16-11-10-15(12-17(16)24-4-2)20-18(21)13-25-19(22)14-8-6-5-7-9-14/h5-6,10-12,14H,3-4,7-9,13H2,1-2H3,(H,20,21)/t14-/m0/s1. The molecule has 0 saturated carbocycles. The van der Waals surface area contributed by atoms with Crippen molar-refractivity contribution in [3.63, 3.8) is 0 Å². The number of carbonyl (C=O) groups is 2. The number of amides is 1. The SMILES string of the molecule is CCOc1ccc(NC(=O)COC(=O)[C@H]2CC=CCC2)cc1OCC. The van der Waals surface area contributed by atoms with Crippen molar-refractivity contribution in [1.82, 2.24) is 0 Å². The van der Waals surface area contributed by atoms with Crippen LogP contribution in [0.1, 0.15) is 33.1 Å². The molecular formula is C19H25NO5. The van der Waals surface area contributed by atoms with Gasteiger partial charge in [0, 0.05) is 11.8 Å². The van der Waals surface area contributed by atoms with E-state index in [0.29, 0.717) is 36.8 Å². The summed E-state index contributed by atoms with van der Waals surface area (Å²) in [5.74, 6) is 0.340. The molecule has 6 heteroatoms. The van der Waals surface area contributed by atoms with Crippen LogP contribution in [0.15, 0.2) is 30.4 Å². The molecule has 0 aromatic heterocycles. The van der Waals surface area contributed by atoms with Crippen LogP contribution in [0.4, 0.5) is 5.69 Å². The summed E-state index contributed by atoms with van der Waals surface area (Å²) >= 11 is 0. The highest BCUT2D eigenvalue weighted by Gasteiger charge is 2.21. The lowest BCUT2D eigenvalue weighted by Crippen LogP contribution is -2.25. The molecule has 0 fully saturated rings. The van der Waals surface area contributed by atoms with Gasteiger partial charge in [0.2, 0.25) is 0 Å². The lowest BCUT2D eigenvalue weighted by Gasteiger charge is -2.16. The summed E-state index contributed by atoms with van der Waals surface area (Å²) in [6, 6.07) is 5.16. The van der Waals surface area contributed by atoms with E-state index < -0.39 is 0 Å². The van der Waals surface area contributed by atoms with E-state index >= 15 is 0 Å². The molecule has 1 aromatic carbocycles. The van der Waals surface area contributed by atoms with Crippen molar-refractivity contribution in [2.75, 3.05) is 25.1 Å². The first-order valence-electron chi connectivity index (χ1n) is 8.65. The quantitative estimate of drug-likeness (QED) is 0.577. The fourth-order valence-electron chi connectivity index (χ4n) is 2.59. The molecule has 1 aromatic rings. The fourth-order valence-corrected chi connectivity index (χ4v) is 2.59. The normalized spacial score (nSPS) is 16.2. The van der Waals surface area contributed by atoms with E-state index in [1.54, 1.807) is 18.2 Å². The number of benzene rings is 1. The lowest BCUT2D eigenvalue weighted by molar-refractivity contribution is -0.151. The van der Waals surface area contributed by atoms with Crippen LogP contribution in [-0.2, 0) is 14.3 Å². The van der Waals surface area contributed by atoms with Gasteiger partial charge in [-0.2, -0.15) is 0 Å². The number of hydrogen-bond donors (Lipinski definition) is 1. The van der Waals surface area contributed by atoms with E-state index in [9.17, 15) is 9.59 Å². The maximum atomic E-state index is 12.0. The first kappa shape index (κ1) is 18.8.